The molecule has 1 N–H and O–H groups in total. The van der Waals surface area contributed by atoms with E-state index in [-0.39, 0.29) is 6.04 Å². The van der Waals surface area contributed by atoms with Crippen LogP contribution in [0.5, 0.6) is 0 Å². The molecule has 1 heterocycles. The molecule has 0 amide bonds. The molecule has 0 unspecified atom stereocenters. The van der Waals surface area contributed by atoms with E-state index in [9.17, 15) is 4.39 Å². The van der Waals surface area contributed by atoms with Crippen LogP contribution in [0.4, 0.5) is 4.39 Å². The van der Waals surface area contributed by atoms with E-state index < -0.39 is 6.17 Å². The van der Waals surface area contributed by atoms with Gasteiger partial charge in [0.1, 0.15) is 6.17 Å². The molecule has 0 bridgehead atoms. The summed E-state index contributed by atoms with van der Waals surface area (Å²) < 4.78 is 12.9. The predicted molar refractivity (Wildman–Crippen MR) is 51.6 cm³/mol. The molecule has 0 aliphatic carbocycles. The number of benzene rings is 1. The minimum atomic E-state index is -0.652. The van der Waals surface area contributed by atoms with Crippen LogP contribution < -0.4 is 5.32 Å². The molecule has 1 aliphatic rings. The Hall–Kier alpha value is -0.890. The smallest absolute Gasteiger partial charge is 0.128 e. The number of alkyl halides is 1. The van der Waals surface area contributed by atoms with E-state index in [1.165, 1.54) is 11.1 Å². The van der Waals surface area contributed by atoms with Crippen LogP contribution in [-0.2, 0) is 6.42 Å². The fraction of sp³-hybridized carbons (Fsp3) is 0.455. The van der Waals surface area contributed by atoms with Gasteiger partial charge in [0.15, 0.2) is 0 Å². The topological polar surface area (TPSA) is 12.0 Å². The van der Waals surface area contributed by atoms with Crippen molar-refractivity contribution in [2.75, 3.05) is 6.54 Å². The van der Waals surface area contributed by atoms with Crippen molar-refractivity contribution in [1.82, 2.24) is 5.32 Å². The van der Waals surface area contributed by atoms with Gasteiger partial charge in [-0.15, -0.1) is 0 Å². The summed E-state index contributed by atoms with van der Waals surface area (Å²) in [5.41, 5.74) is 2.47. The molecule has 0 radical (unpaired) electrons. The fourth-order valence-electron chi connectivity index (χ4n) is 1.55. The van der Waals surface area contributed by atoms with Crippen molar-refractivity contribution in [2.45, 2.75) is 25.6 Å². The Balaban J connectivity index is 1.98. The third-order valence-electron chi connectivity index (χ3n) is 2.59. The van der Waals surface area contributed by atoms with E-state index in [1.807, 2.05) is 0 Å². The molecule has 1 aromatic carbocycles. The summed E-state index contributed by atoms with van der Waals surface area (Å²) in [5.74, 6) is 0. The van der Waals surface area contributed by atoms with Crippen molar-refractivity contribution < 1.29 is 4.39 Å². The summed E-state index contributed by atoms with van der Waals surface area (Å²) in [6, 6.07) is 8.33. The minimum absolute atomic E-state index is 0.0442. The fourth-order valence-corrected chi connectivity index (χ4v) is 1.55. The molecule has 1 aliphatic heterocycles. The Bertz CT molecular complexity index is 281. The lowest BCUT2D eigenvalue weighted by Crippen LogP contribution is -2.55. The van der Waals surface area contributed by atoms with Crippen molar-refractivity contribution in [2.24, 2.45) is 0 Å². The number of hydrogen-bond donors (Lipinski definition) is 1. The Kier molecular flexibility index (Phi) is 2.32. The van der Waals surface area contributed by atoms with Gasteiger partial charge in [-0.3, -0.25) is 0 Å². The molecule has 1 nitrogen and oxygen atoms in total. The molecule has 1 aromatic rings. The van der Waals surface area contributed by atoms with Crippen LogP contribution in [0.1, 0.15) is 11.1 Å². The van der Waals surface area contributed by atoms with Gasteiger partial charge in [0.2, 0.25) is 0 Å². The van der Waals surface area contributed by atoms with Gasteiger partial charge >= 0.3 is 0 Å². The SMILES string of the molecule is Cc1ccc(C[C@@H]2NC[C@@H]2F)cc1. The van der Waals surface area contributed by atoms with E-state index in [0.717, 1.165) is 6.42 Å². The zero-order chi connectivity index (χ0) is 9.26. The largest absolute Gasteiger partial charge is 0.308 e. The standard InChI is InChI=1S/C11H14FN/c1-8-2-4-9(5-3-8)6-11-10(12)7-13-11/h2-5,10-11,13H,6-7H2,1H3/t10-,11-/m0/s1. The average Bonchev–Trinajstić information content (AvgIpc) is 2.15. The first-order valence-corrected chi connectivity index (χ1v) is 4.69. The molecule has 0 saturated carbocycles. The average molecular weight is 179 g/mol. The highest BCUT2D eigenvalue weighted by Crippen LogP contribution is 2.14. The monoisotopic (exact) mass is 179 g/mol. The van der Waals surface area contributed by atoms with Gasteiger partial charge in [0.25, 0.3) is 0 Å². The lowest BCUT2D eigenvalue weighted by atomic mass is 9.96. The maximum atomic E-state index is 12.9. The summed E-state index contributed by atoms with van der Waals surface area (Å²) in [7, 11) is 0. The molecule has 0 aromatic heterocycles. The first kappa shape index (κ1) is 8.70. The third-order valence-corrected chi connectivity index (χ3v) is 2.59. The van der Waals surface area contributed by atoms with E-state index in [4.69, 9.17) is 0 Å². The van der Waals surface area contributed by atoms with E-state index in [2.05, 4.69) is 36.5 Å². The second-order valence-electron chi connectivity index (χ2n) is 3.72. The summed E-state index contributed by atoms with van der Waals surface area (Å²) in [6.07, 6.45) is 0.155. The number of nitrogens with one attached hydrogen (secondary N) is 1. The summed E-state index contributed by atoms with van der Waals surface area (Å²) >= 11 is 0. The zero-order valence-electron chi connectivity index (χ0n) is 7.76. The predicted octanol–water partition coefficient (Wildman–Crippen LogP) is 1.85. The van der Waals surface area contributed by atoms with Crippen LogP contribution in [0.15, 0.2) is 24.3 Å². The first-order valence-electron chi connectivity index (χ1n) is 4.69. The highest BCUT2D eigenvalue weighted by molar-refractivity contribution is 5.22. The molecule has 2 heteroatoms. The van der Waals surface area contributed by atoms with Gasteiger partial charge in [0, 0.05) is 12.6 Å². The first-order chi connectivity index (χ1) is 6.25. The van der Waals surface area contributed by atoms with Crippen LogP contribution in [0.2, 0.25) is 0 Å². The maximum Gasteiger partial charge on any atom is 0.128 e. The van der Waals surface area contributed by atoms with Gasteiger partial charge in [-0.1, -0.05) is 29.8 Å². The summed E-state index contributed by atoms with van der Waals surface area (Å²) in [6.45, 7) is 2.58. The van der Waals surface area contributed by atoms with E-state index in [1.54, 1.807) is 0 Å². The normalized spacial score (nSPS) is 26.9. The van der Waals surface area contributed by atoms with Gasteiger partial charge in [-0.25, -0.2) is 4.39 Å². The summed E-state index contributed by atoms with van der Waals surface area (Å²) in [5, 5.41) is 3.08. The second-order valence-corrected chi connectivity index (χ2v) is 3.72. The zero-order valence-corrected chi connectivity index (χ0v) is 7.76. The van der Waals surface area contributed by atoms with E-state index in [0.29, 0.717) is 6.54 Å². The van der Waals surface area contributed by atoms with Crippen LogP contribution >= 0.6 is 0 Å². The van der Waals surface area contributed by atoms with Gasteiger partial charge < -0.3 is 5.32 Å². The van der Waals surface area contributed by atoms with Crippen molar-refractivity contribution >= 4 is 0 Å². The molecule has 1 saturated heterocycles. The molecule has 1 fully saturated rings. The van der Waals surface area contributed by atoms with Crippen LogP contribution in [0.25, 0.3) is 0 Å². The molecular formula is C11H14FN. The Morgan fingerprint density at radius 3 is 2.54 bits per heavy atom. The van der Waals surface area contributed by atoms with E-state index >= 15 is 0 Å². The van der Waals surface area contributed by atoms with Crippen LogP contribution in [0.3, 0.4) is 0 Å². The highest BCUT2D eigenvalue weighted by atomic mass is 19.1. The maximum absolute atomic E-state index is 12.9. The second kappa shape index (κ2) is 3.46. The molecule has 2 atom stereocenters. The lowest BCUT2D eigenvalue weighted by Gasteiger charge is -2.32. The van der Waals surface area contributed by atoms with Crippen molar-refractivity contribution in [1.29, 1.82) is 0 Å². The molecular weight excluding hydrogens is 165 g/mol. The Morgan fingerprint density at radius 1 is 1.38 bits per heavy atom. The summed E-state index contributed by atoms with van der Waals surface area (Å²) in [4.78, 5) is 0. The van der Waals surface area contributed by atoms with Gasteiger partial charge in [0.05, 0.1) is 0 Å². The molecule has 0 spiro atoms. The minimum Gasteiger partial charge on any atom is -0.308 e. The van der Waals surface area contributed by atoms with Gasteiger partial charge in [-0.05, 0) is 18.9 Å². The Labute approximate surface area is 78.0 Å². The van der Waals surface area contributed by atoms with Crippen molar-refractivity contribution in [3.8, 4) is 0 Å². The van der Waals surface area contributed by atoms with Crippen LogP contribution in [0, 0.1) is 6.92 Å². The third kappa shape index (κ3) is 1.89. The number of hydrogen-bond acceptors (Lipinski definition) is 1. The lowest BCUT2D eigenvalue weighted by molar-refractivity contribution is 0.158. The molecule has 13 heavy (non-hydrogen) atoms. The van der Waals surface area contributed by atoms with Crippen molar-refractivity contribution in [3.05, 3.63) is 35.4 Å². The number of rotatable bonds is 2. The molecule has 2 rings (SSSR count). The van der Waals surface area contributed by atoms with Crippen molar-refractivity contribution in [3.63, 3.8) is 0 Å². The quantitative estimate of drug-likeness (QED) is 0.730. The number of halogens is 1. The van der Waals surface area contributed by atoms with Gasteiger partial charge in [-0.2, -0.15) is 0 Å². The Morgan fingerprint density at radius 2 is 2.08 bits per heavy atom. The van der Waals surface area contributed by atoms with Crippen LogP contribution in [-0.4, -0.2) is 18.8 Å². The molecule has 70 valence electrons. The number of aryl methyl sites for hydroxylation is 1. The highest BCUT2D eigenvalue weighted by Gasteiger charge is 2.29.